The molecule has 0 spiro atoms. The SMILES string of the molecule is C=CCNC(=O)C(C)N1CCCC1CO. The first-order valence-corrected chi connectivity index (χ1v) is 5.46. The summed E-state index contributed by atoms with van der Waals surface area (Å²) < 4.78 is 0. The summed E-state index contributed by atoms with van der Waals surface area (Å²) in [5.74, 6) is 0.00949. The van der Waals surface area contributed by atoms with Crippen molar-refractivity contribution in [3.05, 3.63) is 12.7 Å². The third kappa shape index (κ3) is 3.04. The molecule has 1 aliphatic heterocycles. The molecule has 0 radical (unpaired) electrons. The average molecular weight is 212 g/mol. The lowest BCUT2D eigenvalue weighted by molar-refractivity contribution is -0.126. The Morgan fingerprint density at radius 3 is 3.13 bits per heavy atom. The fraction of sp³-hybridized carbons (Fsp3) is 0.727. The molecule has 2 unspecified atom stereocenters. The van der Waals surface area contributed by atoms with Crippen LogP contribution in [0.25, 0.3) is 0 Å². The van der Waals surface area contributed by atoms with Crippen molar-refractivity contribution in [3.8, 4) is 0 Å². The molecule has 0 aromatic carbocycles. The maximum absolute atomic E-state index is 11.7. The Balaban J connectivity index is 2.47. The van der Waals surface area contributed by atoms with E-state index in [4.69, 9.17) is 5.11 Å². The van der Waals surface area contributed by atoms with Crippen LogP contribution < -0.4 is 5.32 Å². The van der Waals surface area contributed by atoms with E-state index in [-0.39, 0.29) is 24.6 Å². The van der Waals surface area contributed by atoms with E-state index in [0.29, 0.717) is 6.54 Å². The summed E-state index contributed by atoms with van der Waals surface area (Å²) in [7, 11) is 0. The van der Waals surface area contributed by atoms with E-state index in [2.05, 4.69) is 16.8 Å². The molecular formula is C11H20N2O2. The number of nitrogens with zero attached hydrogens (tertiary/aromatic N) is 1. The first-order valence-electron chi connectivity index (χ1n) is 5.46. The standard InChI is InChI=1S/C11H20N2O2/c1-3-6-12-11(15)9(2)13-7-4-5-10(13)8-14/h3,9-10,14H,1,4-8H2,2H3,(H,12,15). The maximum atomic E-state index is 11.7. The van der Waals surface area contributed by atoms with E-state index in [1.54, 1.807) is 6.08 Å². The number of amides is 1. The number of hydrogen-bond donors (Lipinski definition) is 2. The highest BCUT2D eigenvalue weighted by molar-refractivity contribution is 5.81. The minimum atomic E-state index is -0.162. The second-order valence-electron chi connectivity index (χ2n) is 3.93. The van der Waals surface area contributed by atoms with Gasteiger partial charge >= 0.3 is 0 Å². The van der Waals surface area contributed by atoms with Gasteiger partial charge in [-0.25, -0.2) is 0 Å². The number of aliphatic hydroxyl groups is 1. The van der Waals surface area contributed by atoms with Crippen LogP contribution in [0, 0.1) is 0 Å². The summed E-state index contributed by atoms with van der Waals surface area (Å²) >= 11 is 0. The third-order valence-corrected chi connectivity index (χ3v) is 2.93. The predicted octanol–water partition coefficient (Wildman–Crippen LogP) is 0.134. The summed E-state index contributed by atoms with van der Waals surface area (Å²) in [5.41, 5.74) is 0. The molecule has 1 fully saturated rings. The van der Waals surface area contributed by atoms with Crippen LogP contribution in [0.5, 0.6) is 0 Å². The molecule has 1 heterocycles. The molecule has 0 bridgehead atoms. The molecule has 1 amide bonds. The lowest BCUT2D eigenvalue weighted by atomic mass is 10.2. The van der Waals surface area contributed by atoms with Gasteiger partial charge in [-0.05, 0) is 26.3 Å². The lowest BCUT2D eigenvalue weighted by Gasteiger charge is -2.28. The number of carbonyl (C=O) groups is 1. The first kappa shape index (κ1) is 12.2. The highest BCUT2D eigenvalue weighted by Crippen LogP contribution is 2.19. The van der Waals surface area contributed by atoms with Crippen molar-refractivity contribution in [2.24, 2.45) is 0 Å². The van der Waals surface area contributed by atoms with Gasteiger partial charge in [0, 0.05) is 12.6 Å². The second-order valence-corrected chi connectivity index (χ2v) is 3.93. The molecule has 1 saturated heterocycles. The fourth-order valence-corrected chi connectivity index (χ4v) is 2.03. The summed E-state index contributed by atoms with van der Waals surface area (Å²) in [4.78, 5) is 13.7. The summed E-state index contributed by atoms with van der Waals surface area (Å²) in [5, 5.41) is 11.9. The van der Waals surface area contributed by atoms with Crippen molar-refractivity contribution in [2.45, 2.75) is 31.8 Å². The Labute approximate surface area is 91.0 Å². The van der Waals surface area contributed by atoms with Crippen molar-refractivity contribution in [3.63, 3.8) is 0 Å². The summed E-state index contributed by atoms with van der Waals surface area (Å²) in [6.07, 6.45) is 3.71. The van der Waals surface area contributed by atoms with Gasteiger partial charge in [0.05, 0.1) is 12.6 Å². The zero-order chi connectivity index (χ0) is 11.3. The Morgan fingerprint density at radius 2 is 2.53 bits per heavy atom. The van der Waals surface area contributed by atoms with Crippen LogP contribution >= 0.6 is 0 Å². The van der Waals surface area contributed by atoms with Crippen LogP contribution in [0.4, 0.5) is 0 Å². The molecule has 2 N–H and O–H groups in total. The number of rotatable bonds is 5. The molecule has 0 aromatic heterocycles. The normalized spacial score (nSPS) is 23.7. The number of aliphatic hydroxyl groups excluding tert-OH is 1. The van der Waals surface area contributed by atoms with E-state index < -0.39 is 0 Å². The Hall–Kier alpha value is -0.870. The molecule has 2 atom stereocenters. The van der Waals surface area contributed by atoms with Crippen molar-refractivity contribution >= 4 is 5.91 Å². The van der Waals surface area contributed by atoms with E-state index in [9.17, 15) is 4.79 Å². The minimum Gasteiger partial charge on any atom is -0.395 e. The largest absolute Gasteiger partial charge is 0.395 e. The minimum absolute atomic E-state index is 0.00949. The van der Waals surface area contributed by atoms with Crippen LogP contribution in [0.15, 0.2) is 12.7 Å². The molecule has 4 nitrogen and oxygen atoms in total. The van der Waals surface area contributed by atoms with Gasteiger partial charge in [-0.3, -0.25) is 9.69 Å². The van der Waals surface area contributed by atoms with E-state index in [1.165, 1.54) is 0 Å². The molecule has 1 rings (SSSR count). The van der Waals surface area contributed by atoms with Crippen LogP contribution in [-0.2, 0) is 4.79 Å². The monoisotopic (exact) mass is 212 g/mol. The molecule has 0 aliphatic carbocycles. The van der Waals surface area contributed by atoms with E-state index in [1.807, 2.05) is 6.92 Å². The average Bonchev–Trinajstić information content (AvgIpc) is 2.72. The Morgan fingerprint density at radius 1 is 1.80 bits per heavy atom. The van der Waals surface area contributed by atoms with E-state index >= 15 is 0 Å². The van der Waals surface area contributed by atoms with Gasteiger partial charge in [0.2, 0.25) is 5.91 Å². The smallest absolute Gasteiger partial charge is 0.237 e. The third-order valence-electron chi connectivity index (χ3n) is 2.93. The predicted molar refractivity (Wildman–Crippen MR) is 59.5 cm³/mol. The van der Waals surface area contributed by atoms with E-state index in [0.717, 1.165) is 19.4 Å². The zero-order valence-electron chi connectivity index (χ0n) is 9.28. The lowest BCUT2D eigenvalue weighted by Crippen LogP contribution is -2.48. The second kappa shape index (κ2) is 5.88. The topological polar surface area (TPSA) is 52.6 Å². The fourth-order valence-electron chi connectivity index (χ4n) is 2.03. The van der Waals surface area contributed by atoms with Gasteiger partial charge in [-0.2, -0.15) is 0 Å². The zero-order valence-corrected chi connectivity index (χ0v) is 9.28. The van der Waals surface area contributed by atoms with Crippen LogP contribution in [0.1, 0.15) is 19.8 Å². The molecule has 1 aliphatic rings. The molecule has 0 saturated carbocycles. The summed E-state index contributed by atoms with van der Waals surface area (Å²) in [6, 6.07) is -0.0147. The van der Waals surface area contributed by atoms with Gasteiger partial charge in [0.25, 0.3) is 0 Å². The van der Waals surface area contributed by atoms with Gasteiger partial charge in [-0.1, -0.05) is 6.08 Å². The molecular weight excluding hydrogens is 192 g/mol. The van der Waals surface area contributed by atoms with Gasteiger partial charge < -0.3 is 10.4 Å². The van der Waals surface area contributed by atoms with Crippen LogP contribution in [-0.4, -0.2) is 47.7 Å². The van der Waals surface area contributed by atoms with Gasteiger partial charge in [0.1, 0.15) is 0 Å². The Kier molecular flexibility index (Phi) is 4.78. The highest BCUT2D eigenvalue weighted by Gasteiger charge is 2.31. The molecule has 0 aromatic rings. The van der Waals surface area contributed by atoms with Crippen LogP contribution in [0.3, 0.4) is 0 Å². The van der Waals surface area contributed by atoms with Gasteiger partial charge in [0.15, 0.2) is 0 Å². The Bertz CT molecular complexity index is 231. The molecule has 4 heteroatoms. The van der Waals surface area contributed by atoms with Crippen molar-refractivity contribution in [2.75, 3.05) is 19.7 Å². The van der Waals surface area contributed by atoms with Crippen molar-refractivity contribution < 1.29 is 9.90 Å². The maximum Gasteiger partial charge on any atom is 0.237 e. The first-order chi connectivity index (χ1) is 7.20. The van der Waals surface area contributed by atoms with Gasteiger partial charge in [-0.15, -0.1) is 6.58 Å². The summed E-state index contributed by atoms with van der Waals surface area (Å²) in [6.45, 7) is 6.97. The highest BCUT2D eigenvalue weighted by atomic mass is 16.3. The number of nitrogens with one attached hydrogen (secondary N) is 1. The quantitative estimate of drug-likeness (QED) is 0.637. The molecule has 86 valence electrons. The van der Waals surface area contributed by atoms with Crippen molar-refractivity contribution in [1.82, 2.24) is 10.2 Å². The molecule has 15 heavy (non-hydrogen) atoms. The number of likely N-dealkylation sites (tertiary alicyclic amines) is 1. The number of hydrogen-bond acceptors (Lipinski definition) is 3. The van der Waals surface area contributed by atoms with Crippen LogP contribution in [0.2, 0.25) is 0 Å². The number of carbonyl (C=O) groups excluding carboxylic acids is 1. The van der Waals surface area contributed by atoms with Crippen molar-refractivity contribution in [1.29, 1.82) is 0 Å².